The van der Waals surface area contributed by atoms with E-state index in [1.165, 1.54) is 24.5 Å². The van der Waals surface area contributed by atoms with Gasteiger partial charge in [-0.2, -0.15) is 0 Å². The van der Waals surface area contributed by atoms with Gasteiger partial charge in [-0.05, 0) is 48.5 Å². The summed E-state index contributed by atoms with van der Waals surface area (Å²) < 4.78 is 6.92. The minimum absolute atomic E-state index is 0.0431. The van der Waals surface area contributed by atoms with Gasteiger partial charge in [0.2, 0.25) is 0 Å². The van der Waals surface area contributed by atoms with Crippen molar-refractivity contribution in [2.24, 2.45) is 7.05 Å². The largest absolute Gasteiger partial charge is 0.421 e. The number of nitro benzene ring substituents is 1. The number of nitro groups is 1. The van der Waals surface area contributed by atoms with Gasteiger partial charge in [-0.3, -0.25) is 10.1 Å². The average Bonchev–Trinajstić information content (AvgIpc) is 3.03. The molecule has 0 saturated carbocycles. The van der Waals surface area contributed by atoms with Crippen molar-refractivity contribution in [1.82, 2.24) is 14.8 Å². The zero-order chi connectivity index (χ0) is 19.6. The van der Waals surface area contributed by atoms with Crippen molar-refractivity contribution in [3.63, 3.8) is 0 Å². The van der Waals surface area contributed by atoms with E-state index in [0.29, 0.717) is 10.1 Å². The number of esters is 1. The van der Waals surface area contributed by atoms with Crippen LogP contribution >= 0.6 is 23.4 Å². The van der Waals surface area contributed by atoms with Crippen LogP contribution in [-0.2, 0) is 7.05 Å². The van der Waals surface area contributed by atoms with Crippen molar-refractivity contribution >= 4 is 35.0 Å². The summed E-state index contributed by atoms with van der Waals surface area (Å²) in [5.41, 5.74) is 0.679. The Morgan fingerprint density at radius 3 is 2.74 bits per heavy atom. The minimum atomic E-state index is -0.735. The Hall–Kier alpha value is -2.91. The summed E-state index contributed by atoms with van der Waals surface area (Å²) in [6.07, 6.45) is 1.49. The number of hydrogen-bond acceptors (Lipinski definition) is 7. The van der Waals surface area contributed by atoms with Crippen LogP contribution < -0.4 is 4.74 Å². The Morgan fingerprint density at radius 2 is 2.07 bits per heavy atom. The first-order valence-corrected chi connectivity index (χ1v) is 8.83. The maximum Gasteiger partial charge on any atom is 0.343 e. The summed E-state index contributed by atoms with van der Waals surface area (Å²) in [6.45, 7) is 1.83. The molecule has 1 aromatic heterocycles. The third-order valence-electron chi connectivity index (χ3n) is 3.55. The fourth-order valence-corrected chi connectivity index (χ4v) is 3.19. The Bertz CT molecular complexity index is 1040. The van der Waals surface area contributed by atoms with Gasteiger partial charge < -0.3 is 9.30 Å². The van der Waals surface area contributed by atoms with Gasteiger partial charge in [0, 0.05) is 13.1 Å². The summed E-state index contributed by atoms with van der Waals surface area (Å²) >= 11 is 7.10. The maximum atomic E-state index is 12.4. The van der Waals surface area contributed by atoms with Crippen molar-refractivity contribution in [3.8, 4) is 5.75 Å². The molecule has 8 nitrogen and oxygen atoms in total. The molecule has 0 aliphatic rings. The smallest absolute Gasteiger partial charge is 0.343 e. The van der Waals surface area contributed by atoms with Crippen molar-refractivity contribution in [3.05, 3.63) is 69.0 Å². The molecule has 0 fully saturated rings. The van der Waals surface area contributed by atoms with Crippen LogP contribution in [0.5, 0.6) is 5.75 Å². The second kappa shape index (κ2) is 7.77. The van der Waals surface area contributed by atoms with Gasteiger partial charge in [-0.25, -0.2) is 4.79 Å². The molecule has 27 heavy (non-hydrogen) atoms. The average molecular weight is 405 g/mol. The second-order valence-electron chi connectivity index (χ2n) is 5.59. The van der Waals surface area contributed by atoms with E-state index in [1.807, 2.05) is 6.92 Å². The summed E-state index contributed by atoms with van der Waals surface area (Å²) in [5, 5.41) is 19.8. The molecule has 2 aromatic carbocycles. The van der Waals surface area contributed by atoms with E-state index < -0.39 is 10.9 Å². The molecule has 0 bridgehead atoms. The van der Waals surface area contributed by atoms with E-state index in [-0.39, 0.29) is 22.0 Å². The van der Waals surface area contributed by atoms with E-state index in [9.17, 15) is 14.9 Å². The van der Waals surface area contributed by atoms with Crippen LogP contribution in [0.25, 0.3) is 0 Å². The van der Waals surface area contributed by atoms with Gasteiger partial charge in [-0.1, -0.05) is 17.7 Å². The molecule has 138 valence electrons. The lowest BCUT2D eigenvalue weighted by molar-refractivity contribution is -0.387. The molecule has 0 aliphatic carbocycles. The number of benzene rings is 2. The quantitative estimate of drug-likeness (QED) is 0.273. The molecule has 0 saturated heterocycles. The molecular weight excluding hydrogens is 392 g/mol. The molecule has 0 amide bonds. The van der Waals surface area contributed by atoms with Crippen molar-refractivity contribution in [2.75, 3.05) is 0 Å². The predicted molar refractivity (Wildman–Crippen MR) is 99.4 cm³/mol. The first-order valence-electron chi connectivity index (χ1n) is 7.64. The number of nitrogens with zero attached hydrogens (tertiary/aromatic N) is 4. The highest BCUT2D eigenvalue weighted by atomic mass is 35.5. The number of ether oxygens (including phenoxy) is 1. The van der Waals surface area contributed by atoms with Gasteiger partial charge in [-0.15, -0.1) is 10.2 Å². The van der Waals surface area contributed by atoms with E-state index in [4.69, 9.17) is 16.3 Å². The van der Waals surface area contributed by atoms with Crippen molar-refractivity contribution in [2.45, 2.75) is 17.0 Å². The molecule has 0 N–H and O–H groups in total. The SMILES string of the molecule is Cc1ccc(Cl)c(OC(=O)c2ccc(Sc3nncn3C)c([N+](=O)[O-])c2)c1. The zero-order valence-corrected chi connectivity index (χ0v) is 15.8. The topological polar surface area (TPSA) is 100 Å². The molecule has 1 heterocycles. The molecule has 0 atom stereocenters. The number of aryl methyl sites for hydroxylation is 2. The van der Waals surface area contributed by atoms with Gasteiger partial charge in [0.1, 0.15) is 12.1 Å². The van der Waals surface area contributed by atoms with Crippen LogP contribution in [0.4, 0.5) is 5.69 Å². The molecular formula is C17H13ClN4O4S. The lowest BCUT2D eigenvalue weighted by Crippen LogP contribution is -2.09. The molecule has 0 radical (unpaired) electrons. The van der Waals surface area contributed by atoms with Gasteiger partial charge in [0.15, 0.2) is 5.16 Å². The summed E-state index contributed by atoms with van der Waals surface area (Å²) in [5.74, 6) is -0.539. The van der Waals surface area contributed by atoms with E-state index in [1.54, 1.807) is 29.8 Å². The number of aromatic nitrogens is 3. The highest BCUT2D eigenvalue weighted by Gasteiger charge is 2.21. The molecule has 3 rings (SSSR count). The first-order chi connectivity index (χ1) is 12.8. The third-order valence-corrected chi connectivity index (χ3v) is 4.98. The van der Waals surface area contributed by atoms with Crippen LogP contribution in [0, 0.1) is 17.0 Å². The number of rotatable bonds is 5. The summed E-state index contributed by atoms with van der Waals surface area (Å²) in [6, 6.07) is 9.12. The van der Waals surface area contributed by atoms with Crippen LogP contribution in [0.1, 0.15) is 15.9 Å². The van der Waals surface area contributed by atoms with Gasteiger partial charge in [0.05, 0.1) is 20.4 Å². The van der Waals surface area contributed by atoms with Gasteiger partial charge in [0.25, 0.3) is 5.69 Å². The third kappa shape index (κ3) is 4.26. The standard InChI is InChI=1S/C17H13ClN4O4S/c1-10-3-5-12(18)14(7-10)26-16(23)11-4-6-15(13(8-11)22(24)25)27-17-20-19-9-21(17)2/h3-9H,1-2H3. The van der Waals surface area contributed by atoms with Crippen molar-refractivity contribution < 1.29 is 14.5 Å². The Labute approximate surface area is 163 Å². The lowest BCUT2D eigenvalue weighted by atomic mass is 10.2. The fourth-order valence-electron chi connectivity index (χ4n) is 2.18. The number of halogens is 1. The molecule has 10 heteroatoms. The van der Waals surface area contributed by atoms with Crippen LogP contribution in [0.15, 0.2) is 52.8 Å². The summed E-state index contributed by atoms with van der Waals surface area (Å²) in [4.78, 5) is 23.6. The van der Waals surface area contributed by atoms with Crippen molar-refractivity contribution in [1.29, 1.82) is 0 Å². The number of carbonyl (C=O) groups is 1. The van der Waals surface area contributed by atoms with E-state index >= 15 is 0 Å². The Balaban J connectivity index is 1.89. The Kier molecular flexibility index (Phi) is 5.43. The zero-order valence-electron chi connectivity index (χ0n) is 14.2. The monoisotopic (exact) mass is 404 g/mol. The van der Waals surface area contributed by atoms with Crippen LogP contribution in [0.3, 0.4) is 0 Å². The fraction of sp³-hybridized carbons (Fsp3) is 0.118. The predicted octanol–water partition coefficient (Wildman–Crippen LogP) is 4.06. The Morgan fingerprint density at radius 1 is 1.30 bits per heavy atom. The van der Waals surface area contributed by atoms with Gasteiger partial charge >= 0.3 is 5.97 Å². The highest BCUT2D eigenvalue weighted by Crippen LogP contribution is 2.34. The van der Waals surface area contributed by atoms with E-state index in [0.717, 1.165) is 17.3 Å². The summed E-state index contributed by atoms with van der Waals surface area (Å²) in [7, 11) is 1.73. The molecule has 0 spiro atoms. The van der Waals surface area contributed by atoms with Crippen LogP contribution in [-0.4, -0.2) is 25.7 Å². The molecule has 0 unspecified atom stereocenters. The molecule has 0 aliphatic heterocycles. The second-order valence-corrected chi connectivity index (χ2v) is 7.01. The highest BCUT2D eigenvalue weighted by molar-refractivity contribution is 7.99. The lowest BCUT2D eigenvalue weighted by Gasteiger charge is -2.08. The van der Waals surface area contributed by atoms with Crippen LogP contribution in [0.2, 0.25) is 5.02 Å². The maximum absolute atomic E-state index is 12.4. The number of carbonyl (C=O) groups excluding carboxylic acids is 1. The number of hydrogen-bond donors (Lipinski definition) is 0. The van der Waals surface area contributed by atoms with E-state index in [2.05, 4.69) is 10.2 Å². The first kappa shape index (κ1) is 18.9. The minimum Gasteiger partial charge on any atom is -0.421 e. The normalized spacial score (nSPS) is 10.6. The molecule has 3 aromatic rings.